The Morgan fingerprint density at radius 3 is 3.00 bits per heavy atom. The molecule has 0 bridgehead atoms. The van der Waals surface area contributed by atoms with E-state index in [-0.39, 0.29) is 0 Å². The van der Waals surface area contributed by atoms with Crippen LogP contribution in [0.15, 0.2) is 39.9 Å². The van der Waals surface area contributed by atoms with Crippen LogP contribution in [0.4, 0.5) is 0 Å². The summed E-state index contributed by atoms with van der Waals surface area (Å²) in [6, 6.07) is 0. The molecular weight excluding hydrogens is 196 g/mol. The Hall–Kier alpha value is -1.15. The topological polar surface area (TPSA) is 24.4 Å². The summed E-state index contributed by atoms with van der Waals surface area (Å²) in [6.07, 6.45) is 11.9. The van der Waals surface area contributed by atoms with Crippen LogP contribution in [-0.4, -0.2) is 26.9 Å². The van der Waals surface area contributed by atoms with Crippen molar-refractivity contribution in [3.8, 4) is 0 Å². The molecule has 0 aromatic heterocycles. The van der Waals surface area contributed by atoms with Crippen molar-refractivity contribution < 1.29 is 0 Å². The number of nitrogens with zero attached hydrogens (tertiary/aromatic N) is 1. The summed E-state index contributed by atoms with van der Waals surface area (Å²) in [5, 5.41) is 3.23. The van der Waals surface area contributed by atoms with E-state index < -0.39 is 0 Å². The van der Waals surface area contributed by atoms with E-state index in [1.807, 2.05) is 20.3 Å². The predicted octanol–water partition coefficient (Wildman–Crippen LogP) is 2.89. The molecule has 0 spiro atoms. The molecule has 1 N–H and O–H groups in total. The van der Waals surface area contributed by atoms with Gasteiger partial charge in [0.25, 0.3) is 0 Å². The maximum Gasteiger partial charge on any atom is 0.0277 e. The fraction of sp³-hybridized carbons (Fsp3) is 0.500. The number of hydrogen-bond donors (Lipinski definition) is 1. The number of rotatable bonds is 5. The zero-order valence-corrected chi connectivity index (χ0v) is 10.6. The van der Waals surface area contributed by atoms with E-state index in [0.717, 1.165) is 25.8 Å². The number of nitrogens with one attached hydrogen (secondary N) is 1. The molecular formula is C14H22N2. The predicted molar refractivity (Wildman–Crippen MR) is 72.1 cm³/mol. The van der Waals surface area contributed by atoms with Crippen LogP contribution in [0.25, 0.3) is 0 Å². The molecule has 88 valence electrons. The minimum Gasteiger partial charge on any atom is -0.316 e. The van der Waals surface area contributed by atoms with Crippen molar-refractivity contribution in [3.63, 3.8) is 0 Å². The summed E-state index contributed by atoms with van der Waals surface area (Å²) in [4.78, 5) is 4.03. The van der Waals surface area contributed by atoms with Gasteiger partial charge in [-0.15, -0.1) is 0 Å². The fourth-order valence-electron chi connectivity index (χ4n) is 2.03. The zero-order chi connectivity index (χ0) is 11.8. The highest BCUT2D eigenvalue weighted by Crippen LogP contribution is 2.26. The standard InChI is InChI=1S/C14H22N2/c1-4-12(9-10-15-2)14-8-6-5-7-13(14)11-16-3/h5,7,9-10,16H,4,6,8,11H2,1-3H3/b12-9+,15-10?. The van der Waals surface area contributed by atoms with E-state index >= 15 is 0 Å². The van der Waals surface area contributed by atoms with Gasteiger partial charge in [-0.3, -0.25) is 4.99 Å². The molecule has 2 heteroatoms. The van der Waals surface area contributed by atoms with Gasteiger partial charge in [-0.25, -0.2) is 0 Å². The molecule has 0 saturated heterocycles. The van der Waals surface area contributed by atoms with Crippen LogP contribution in [0, 0.1) is 0 Å². The second-order valence-electron chi connectivity index (χ2n) is 3.93. The number of allylic oxidation sites excluding steroid dienone is 4. The van der Waals surface area contributed by atoms with Crippen molar-refractivity contribution in [2.75, 3.05) is 20.6 Å². The summed E-state index contributed by atoms with van der Waals surface area (Å²) in [6.45, 7) is 3.16. The first-order chi connectivity index (χ1) is 7.83. The molecule has 0 heterocycles. The summed E-state index contributed by atoms with van der Waals surface area (Å²) >= 11 is 0. The second kappa shape index (κ2) is 7.18. The Kier molecular flexibility index (Phi) is 5.79. The molecule has 1 aliphatic carbocycles. The average Bonchev–Trinajstić information content (AvgIpc) is 2.32. The molecule has 0 fully saturated rings. The van der Waals surface area contributed by atoms with Crippen molar-refractivity contribution >= 4 is 6.21 Å². The SMILES string of the molecule is CC/C(=C\C=NC)C1=C(CNC)C=CCC1. The van der Waals surface area contributed by atoms with Crippen LogP contribution < -0.4 is 5.32 Å². The molecule has 0 saturated carbocycles. The van der Waals surface area contributed by atoms with Gasteiger partial charge in [0.15, 0.2) is 0 Å². The molecule has 1 rings (SSSR count). The lowest BCUT2D eigenvalue weighted by atomic mass is 9.90. The van der Waals surface area contributed by atoms with Crippen molar-refractivity contribution in [2.45, 2.75) is 26.2 Å². The Morgan fingerprint density at radius 1 is 1.56 bits per heavy atom. The van der Waals surface area contributed by atoms with Crippen LogP contribution in [0.5, 0.6) is 0 Å². The van der Waals surface area contributed by atoms with Gasteiger partial charge in [-0.2, -0.15) is 0 Å². The van der Waals surface area contributed by atoms with Crippen LogP contribution >= 0.6 is 0 Å². The van der Waals surface area contributed by atoms with Gasteiger partial charge < -0.3 is 5.32 Å². The normalized spacial score (nSPS) is 17.6. The first-order valence-corrected chi connectivity index (χ1v) is 5.98. The molecule has 0 atom stereocenters. The number of likely N-dealkylation sites (N-methyl/N-ethyl adjacent to an activating group) is 1. The Balaban J connectivity index is 2.99. The Morgan fingerprint density at radius 2 is 2.38 bits per heavy atom. The summed E-state index contributed by atoms with van der Waals surface area (Å²) in [7, 11) is 3.81. The monoisotopic (exact) mass is 218 g/mol. The van der Waals surface area contributed by atoms with Gasteiger partial charge >= 0.3 is 0 Å². The largest absolute Gasteiger partial charge is 0.316 e. The Bertz CT molecular complexity index is 333. The third-order valence-corrected chi connectivity index (χ3v) is 2.83. The minimum absolute atomic E-state index is 0.951. The molecule has 0 aromatic carbocycles. The third-order valence-electron chi connectivity index (χ3n) is 2.83. The summed E-state index contributed by atoms with van der Waals surface area (Å²) in [5.41, 5.74) is 4.34. The fourth-order valence-corrected chi connectivity index (χ4v) is 2.03. The quantitative estimate of drug-likeness (QED) is 0.705. The van der Waals surface area contributed by atoms with Crippen molar-refractivity contribution in [3.05, 3.63) is 34.9 Å². The summed E-state index contributed by atoms with van der Waals surface area (Å²) in [5.74, 6) is 0. The molecule has 0 amide bonds. The van der Waals surface area contributed by atoms with Crippen molar-refractivity contribution in [1.29, 1.82) is 0 Å². The smallest absolute Gasteiger partial charge is 0.0277 e. The van der Waals surface area contributed by atoms with Gasteiger partial charge in [-0.05, 0) is 49.1 Å². The highest BCUT2D eigenvalue weighted by Gasteiger charge is 2.10. The molecule has 0 radical (unpaired) electrons. The van der Waals surface area contributed by atoms with E-state index in [2.05, 4.69) is 35.5 Å². The highest BCUT2D eigenvalue weighted by molar-refractivity contribution is 5.73. The molecule has 1 aliphatic rings. The molecule has 0 aliphatic heterocycles. The van der Waals surface area contributed by atoms with Crippen LogP contribution in [0.2, 0.25) is 0 Å². The first-order valence-electron chi connectivity index (χ1n) is 5.98. The third kappa shape index (κ3) is 3.46. The van der Waals surface area contributed by atoms with E-state index in [1.165, 1.54) is 16.7 Å². The maximum atomic E-state index is 4.03. The van der Waals surface area contributed by atoms with Gasteiger partial charge in [0, 0.05) is 19.8 Å². The van der Waals surface area contributed by atoms with Crippen LogP contribution in [-0.2, 0) is 0 Å². The van der Waals surface area contributed by atoms with Gasteiger partial charge in [0.2, 0.25) is 0 Å². The average molecular weight is 218 g/mol. The van der Waals surface area contributed by atoms with Crippen LogP contribution in [0.3, 0.4) is 0 Å². The Labute approximate surface area is 98.9 Å². The lowest BCUT2D eigenvalue weighted by molar-refractivity contribution is 0.844. The van der Waals surface area contributed by atoms with Crippen LogP contribution in [0.1, 0.15) is 26.2 Å². The number of aliphatic imine (C=N–C) groups is 1. The number of hydrogen-bond acceptors (Lipinski definition) is 2. The maximum absolute atomic E-state index is 4.03. The van der Waals surface area contributed by atoms with Gasteiger partial charge in [0.05, 0.1) is 0 Å². The minimum atomic E-state index is 0.951. The molecule has 0 unspecified atom stereocenters. The van der Waals surface area contributed by atoms with Gasteiger partial charge in [-0.1, -0.05) is 19.1 Å². The molecule has 2 nitrogen and oxygen atoms in total. The van der Waals surface area contributed by atoms with E-state index in [0.29, 0.717) is 0 Å². The zero-order valence-electron chi connectivity index (χ0n) is 10.6. The highest BCUT2D eigenvalue weighted by atomic mass is 14.8. The first kappa shape index (κ1) is 12.9. The van der Waals surface area contributed by atoms with Crippen molar-refractivity contribution in [2.24, 2.45) is 4.99 Å². The lowest BCUT2D eigenvalue weighted by Crippen LogP contribution is -2.13. The van der Waals surface area contributed by atoms with E-state index in [9.17, 15) is 0 Å². The summed E-state index contributed by atoms with van der Waals surface area (Å²) < 4.78 is 0. The van der Waals surface area contributed by atoms with E-state index in [1.54, 1.807) is 0 Å². The van der Waals surface area contributed by atoms with Crippen molar-refractivity contribution in [1.82, 2.24) is 5.32 Å². The molecule has 16 heavy (non-hydrogen) atoms. The van der Waals surface area contributed by atoms with Gasteiger partial charge in [0.1, 0.15) is 0 Å². The molecule has 0 aromatic rings. The second-order valence-corrected chi connectivity index (χ2v) is 3.93. The lowest BCUT2D eigenvalue weighted by Gasteiger charge is -2.18. The van der Waals surface area contributed by atoms with E-state index in [4.69, 9.17) is 0 Å².